The van der Waals surface area contributed by atoms with Gasteiger partial charge in [0.1, 0.15) is 0 Å². The zero-order chi connectivity index (χ0) is 29.0. The molecule has 0 bridgehead atoms. The van der Waals surface area contributed by atoms with Gasteiger partial charge >= 0.3 is 12.1 Å². The number of fused-ring (bicyclic) bond motifs is 1. The van der Waals surface area contributed by atoms with Crippen LogP contribution in [0.5, 0.6) is 0 Å². The van der Waals surface area contributed by atoms with E-state index in [1.807, 2.05) is 42.5 Å². The summed E-state index contributed by atoms with van der Waals surface area (Å²) in [6, 6.07) is 22.4. The van der Waals surface area contributed by atoms with E-state index in [0.717, 1.165) is 28.3 Å². The molecular formula is C31H31F3N2O4. The number of alkyl halides is 3. The van der Waals surface area contributed by atoms with Gasteiger partial charge < -0.3 is 14.4 Å². The number of piperidine rings is 1. The first kappa shape index (κ1) is 29.1. The van der Waals surface area contributed by atoms with Gasteiger partial charge in [0.25, 0.3) is 11.5 Å². The first-order valence-corrected chi connectivity index (χ1v) is 13.1. The molecule has 1 saturated heterocycles. The maximum absolute atomic E-state index is 14.6. The van der Waals surface area contributed by atoms with Gasteiger partial charge in [-0.25, -0.2) is 0 Å². The van der Waals surface area contributed by atoms with E-state index in [0.29, 0.717) is 0 Å². The third-order valence-corrected chi connectivity index (χ3v) is 7.91. The van der Waals surface area contributed by atoms with Crippen LogP contribution in [-0.4, -0.2) is 49.8 Å². The summed E-state index contributed by atoms with van der Waals surface area (Å²) in [4.78, 5) is 27.6. The Kier molecular flexibility index (Phi) is 8.50. The Labute approximate surface area is 231 Å². The van der Waals surface area contributed by atoms with E-state index in [-0.39, 0.29) is 44.5 Å². The third-order valence-electron chi connectivity index (χ3n) is 7.91. The van der Waals surface area contributed by atoms with Crippen molar-refractivity contribution in [2.24, 2.45) is 5.41 Å². The average Bonchev–Trinajstić information content (AvgIpc) is 2.94. The van der Waals surface area contributed by atoms with Crippen LogP contribution in [0.4, 0.5) is 13.2 Å². The molecule has 210 valence electrons. The lowest BCUT2D eigenvalue weighted by molar-refractivity contribution is -0.271. The number of hydrogen-bond donors (Lipinski definition) is 0. The third kappa shape index (κ3) is 5.16. The van der Waals surface area contributed by atoms with Gasteiger partial charge in [-0.05, 0) is 36.1 Å². The zero-order valence-corrected chi connectivity index (χ0v) is 22.4. The van der Waals surface area contributed by atoms with Gasteiger partial charge in [0.2, 0.25) is 0 Å². The molecule has 1 fully saturated rings. The highest BCUT2D eigenvalue weighted by Gasteiger charge is 2.64. The maximum atomic E-state index is 14.6. The number of nitriles is 1. The van der Waals surface area contributed by atoms with E-state index in [1.165, 1.54) is 24.3 Å². The molecule has 0 N–H and O–H groups in total. The van der Waals surface area contributed by atoms with Crippen LogP contribution in [0, 0.1) is 16.7 Å². The molecule has 1 aliphatic heterocycles. The Balaban J connectivity index is 1.72. The van der Waals surface area contributed by atoms with Crippen molar-refractivity contribution in [2.45, 2.75) is 43.9 Å². The van der Waals surface area contributed by atoms with Crippen molar-refractivity contribution in [3.8, 4) is 6.07 Å². The topological polar surface area (TPSA) is 79.6 Å². The van der Waals surface area contributed by atoms with E-state index < -0.39 is 35.0 Å². The molecule has 0 radical (unpaired) electrons. The fourth-order valence-electron chi connectivity index (χ4n) is 5.89. The summed E-state index contributed by atoms with van der Waals surface area (Å²) in [7, 11) is 0.875. The SMILES string of the molecule is CCOC(=O)CC1(C(C#N)c2cccc3ccccc23)CCN(C(=O)[C@](OC)(c2ccccc2)C(F)(F)F)CC1. The molecule has 0 aliphatic carbocycles. The van der Waals surface area contributed by atoms with Crippen LogP contribution in [0.15, 0.2) is 72.8 Å². The summed E-state index contributed by atoms with van der Waals surface area (Å²) in [5.74, 6) is -2.48. The number of methoxy groups -OCH3 is 1. The van der Waals surface area contributed by atoms with Crippen LogP contribution in [0.25, 0.3) is 10.8 Å². The van der Waals surface area contributed by atoms with Crippen molar-refractivity contribution in [3.05, 3.63) is 83.9 Å². The van der Waals surface area contributed by atoms with Gasteiger partial charge in [0.05, 0.1) is 25.0 Å². The number of esters is 1. The van der Waals surface area contributed by atoms with E-state index in [1.54, 1.807) is 13.0 Å². The molecular weight excluding hydrogens is 521 g/mol. The van der Waals surface area contributed by atoms with E-state index in [2.05, 4.69) is 6.07 Å². The standard InChI is InChI=1S/C31H31F3N2O4/c1-3-40-27(37)20-29(26(21-35)25-15-9-11-22-10-7-8-14-24(22)25)16-18-36(19-17-29)28(38)30(39-2,31(32,33)34)23-12-5-4-6-13-23/h4-15,26H,3,16-20H2,1-2H3/t26?,30-/m1/s1. The lowest BCUT2D eigenvalue weighted by Gasteiger charge is -2.46. The number of amides is 1. The molecule has 2 atom stereocenters. The minimum atomic E-state index is -5.03. The van der Waals surface area contributed by atoms with Crippen molar-refractivity contribution in [3.63, 3.8) is 0 Å². The average molecular weight is 553 g/mol. The maximum Gasteiger partial charge on any atom is 0.430 e. The molecule has 0 aromatic heterocycles. The molecule has 0 saturated carbocycles. The second-order valence-electron chi connectivity index (χ2n) is 10.0. The predicted molar refractivity (Wildman–Crippen MR) is 143 cm³/mol. The monoisotopic (exact) mass is 552 g/mol. The van der Waals surface area contributed by atoms with E-state index in [4.69, 9.17) is 9.47 Å². The number of rotatable bonds is 8. The second-order valence-corrected chi connectivity index (χ2v) is 10.0. The molecule has 1 aliphatic rings. The zero-order valence-electron chi connectivity index (χ0n) is 22.4. The van der Waals surface area contributed by atoms with Gasteiger partial charge in [0.15, 0.2) is 0 Å². The summed E-state index contributed by atoms with van der Waals surface area (Å²) >= 11 is 0. The summed E-state index contributed by atoms with van der Waals surface area (Å²) in [5, 5.41) is 12.2. The van der Waals surface area contributed by atoms with Crippen LogP contribution in [0.2, 0.25) is 0 Å². The molecule has 1 amide bonds. The van der Waals surface area contributed by atoms with Gasteiger partial charge in [0, 0.05) is 31.2 Å². The molecule has 1 unspecified atom stereocenters. The highest BCUT2D eigenvalue weighted by Crippen LogP contribution is 2.50. The normalized spacial score (nSPS) is 17.4. The van der Waals surface area contributed by atoms with Gasteiger partial charge in [-0.1, -0.05) is 72.8 Å². The Bertz CT molecular complexity index is 1390. The van der Waals surface area contributed by atoms with E-state index in [9.17, 15) is 28.0 Å². The van der Waals surface area contributed by atoms with Crippen LogP contribution >= 0.6 is 0 Å². The molecule has 3 aromatic carbocycles. The summed E-state index contributed by atoms with van der Waals surface area (Å²) in [6.07, 6.45) is -4.87. The van der Waals surface area contributed by atoms with E-state index >= 15 is 0 Å². The summed E-state index contributed by atoms with van der Waals surface area (Å²) < 4.78 is 53.9. The molecule has 4 rings (SSSR count). The van der Waals surface area contributed by atoms with Crippen LogP contribution in [0.3, 0.4) is 0 Å². The number of ether oxygens (including phenoxy) is 2. The van der Waals surface area contributed by atoms with Crippen molar-refractivity contribution in [2.75, 3.05) is 26.8 Å². The predicted octanol–water partition coefficient (Wildman–Crippen LogP) is 6.11. The molecule has 40 heavy (non-hydrogen) atoms. The highest BCUT2D eigenvalue weighted by molar-refractivity contribution is 5.88. The number of likely N-dealkylation sites (tertiary alicyclic amines) is 1. The lowest BCUT2D eigenvalue weighted by atomic mass is 9.64. The fraction of sp³-hybridized carbons (Fsp3) is 0.387. The number of benzene rings is 3. The van der Waals surface area contributed by atoms with Crippen molar-refractivity contribution in [1.29, 1.82) is 5.26 Å². The lowest BCUT2D eigenvalue weighted by Crippen LogP contribution is -2.59. The molecule has 3 aromatic rings. The Morgan fingerprint density at radius 2 is 1.62 bits per heavy atom. The minimum Gasteiger partial charge on any atom is -0.466 e. The highest BCUT2D eigenvalue weighted by atomic mass is 19.4. The number of nitrogens with zero attached hydrogens (tertiary/aromatic N) is 2. The van der Waals surface area contributed by atoms with Crippen molar-refractivity contribution < 1.29 is 32.2 Å². The van der Waals surface area contributed by atoms with Gasteiger partial charge in [-0.3, -0.25) is 9.59 Å². The number of hydrogen-bond acceptors (Lipinski definition) is 5. The largest absolute Gasteiger partial charge is 0.466 e. The molecule has 6 nitrogen and oxygen atoms in total. The molecule has 0 spiro atoms. The van der Waals surface area contributed by atoms with Crippen molar-refractivity contribution in [1.82, 2.24) is 4.90 Å². The molecule has 9 heteroatoms. The van der Waals surface area contributed by atoms with Crippen LogP contribution < -0.4 is 0 Å². The smallest absolute Gasteiger partial charge is 0.430 e. The first-order chi connectivity index (χ1) is 19.1. The number of carbonyl (C=O) groups is 2. The first-order valence-electron chi connectivity index (χ1n) is 13.1. The summed E-state index contributed by atoms with van der Waals surface area (Å²) in [5.41, 5.74) is -3.72. The van der Waals surface area contributed by atoms with Gasteiger partial charge in [-0.15, -0.1) is 0 Å². The van der Waals surface area contributed by atoms with Crippen molar-refractivity contribution >= 4 is 22.6 Å². The van der Waals surface area contributed by atoms with Crippen LogP contribution in [0.1, 0.15) is 43.2 Å². The number of halogens is 3. The Morgan fingerprint density at radius 3 is 2.23 bits per heavy atom. The number of carbonyl (C=O) groups excluding carboxylic acids is 2. The quantitative estimate of drug-likeness (QED) is 0.315. The second kappa shape index (κ2) is 11.7. The van der Waals surface area contributed by atoms with Crippen LogP contribution in [-0.2, 0) is 24.7 Å². The Morgan fingerprint density at radius 1 is 1.00 bits per heavy atom. The summed E-state index contributed by atoms with van der Waals surface area (Å²) in [6.45, 7) is 1.66. The fourth-order valence-corrected chi connectivity index (χ4v) is 5.89. The van der Waals surface area contributed by atoms with Gasteiger partial charge in [-0.2, -0.15) is 18.4 Å². The Hall–Kier alpha value is -3.90. The minimum absolute atomic E-state index is 0.0881. The molecule has 1 heterocycles.